The van der Waals surface area contributed by atoms with Gasteiger partial charge in [0.2, 0.25) is 0 Å². The Hall–Kier alpha value is -2.41. The molecular formula is C15H17ClN4O3. The number of nitro groups is 1. The second-order valence-electron chi connectivity index (χ2n) is 5.12. The van der Waals surface area contributed by atoms with Gasteiger partial charge in [0, 0.05) is 29.4 Å². The minimum atomic E-state index is -0.613. The van der Waals surface area contributed by atoms with Gasteiger partial charge >= 0.3 is 0 Å². The van der Waals surface area contributed by atoms with Crippen LogP contribution in [0, 0.1) is 17.0 Å². The first kappa shape index (κ1) is 17.0. The zero-order valence-electron chi connectivity index (χ0n) is 13.0. The van der Waals surface area contributed by atoms with Crippen LogP contribution in [0.25, 0.3) is 0 Å². The number of nitrogens with zero attached hydrogens (tertiary/aromatic N) is 3. The van der Waals surface area contributed by atoms with Crippen LogP contribution in [-0.2, 0) is 6.54 Å². The Morgan fingerprint density at radius 1 is 1.52 bits per heavy atom. The fourth-order valence-electron chi connectivity index (χ4n) is 2.36. The van der Waals surface area contributed by atoms with E-state index >= 15 is 0 Å². The predicted octanol–water partition coefficient (Wildman–Crippen LogP) is 3.26. The monoisotopic (exact) mass is 336 g/mol. The van der Waals surface area contributed by atoms with E-state index in [1.54, 1.807) is 6.20 Å². The van der Waals surface area contributed by atoms with Crippen LogP contribution in [0.15, 0.2) is 24.4 Å². The highest BCUT2D eigenvalue weighted by Crippen LogP contribution is 2.25. The third kappa shape index (κ3) is 3.50. The molecule has 0 aliphatic heterocycles. The normalized spacial score (nSPS) is 12.0. The lowest BCUT2D eigenvalue weighted by Crippen LogP contribution is -2.27. The number of nitro benzene ring substituents is 1. The molecule has 1 amide bonds. The van der Waals surface area contributed by atoms with Crippen molar-refractivity contribution in [2.24, 2.45) is 0 Å². The van der Waals surface area contributed by atoms with Gasteiger partial charge in [-0.3, -0.25) is 19.6 Å². The van der Waals surface area contributed by atoms with Crippen LogP contribution >= 0.6 is 11.6 Å². The number of hydrogen-bond acceptors (Lipinski definition) is 4. The molecule has 0 radical (unpaired) electrons. The zero-order valence-corrected chi connectivity index (χ0v) is 13.8. The number of carbonyl (C=O) groups excluding carboxylic acids is 1. The van der Waals surface area contributed by atoms with Crippen molar-refractivity contribution in [1.29, 1.82) is 0 Å². The van der Waals surface area contributed by atoms with Crippen molar-refractivity contribution in [1.82, 2.24) is 15.1 Å². The number of benzene rings is 1. The molecule has 2 aromatic rings. The van der Waals surface area contributed by atoms with Crippen LogP contribution in [0.1, 0.15) is 41.5 Å². The lowest BCUT2D eigenvalue weighted by atomic mass is 10.1. The first-order valence-corrected chi connectivity index (χ1v) is 7.50. The van der Waals surface area contributed by atoms with E-state index in [1.165, 1.54) is 18.2 Å². The number of aryl methyl sites for hydroxylation is 1. The topological polar surface area (TPSA) is 90.1 Å². The molecule has 0 fully saturated rings. The molecule has 23 heavy (non-hydrogen) atoms. The average Bonchev–Trinajstić information content (AvgIpc) is 2.88. The Bertz CT molecular complexity index is 757. The van der Waals surface area contributed by atoms with Crippen LogP contribution in [0.3, 0.4) is 0 Å². The highest BCUT2D eigenvalue weighted by molar-refractivity contribution is 6.32. The molecule has 8 heteroatoms. The molecule has 1 aromatic heterocycles. The van der Waals surface area contributed by atoms with Crippen molar-refractivity contribution in [3.8, 4) is 0 Å². The predicted molar refractivity (Wildman–Crippen MR) is 86.6 cm³/mol. The van der Waals surface area contributed by atoms with E-state index in [-0.39, 0.29) is 22.3 Å². The van der Waals surface area contributed by atoms with Crippen LogP contribution in [0.2, 0.25) is 5.02 Å². The third-order valence-corrected chi connectivity index (χ3v) is 3.98. The van der Waals surface area contributed by atoms with Gasteiger partial charge in [0.25, 0.3) is 11.6 Å². The Balaban J connectivity index is 2.20. The molecule has 122 valence electrons. The fourth-order valence-corrected chi connectivity index (χ4v) is 2.54. The summed E-state index contributed by atoms with van der Waals surface area (Å²) in [7, 11) is 0. The van der Waals surface area contributed by atoms with Gasteiger partial charge in [-0.15, -0.1) is 0 Å². The fraction of sp³-hybridized carbons (Fsp3) is 0.333. The highest BCUT2D eigenvalue weighted by atomic mass is 35.5. The second-order valence-corrected chi connectivity index (χ2v) is 5.53. The van der Waals surface area contributed by atoms with E-state index in [0.717, 1.165) is 17.8 Å². The largest absolute Gasteiger partial charge is 0.345 e. The Kier molecular flexibility index (Phi) is 5.00. The number of aromatic nitrogens is 2. The summed E-state index contributed by atoms with van der Waals surface area (Å²) in [5.74, 6) is -0.402. The van der Waals surface area contributed by atoms with Gasteiger partial charge in [-0.25, -0.2) is 0 Å². The zero-order chi connectivity index (χ0) is 17.1. The van der Waals surface area contributed by atoms with Gasteiger partial charge < -0.3 is 5.32 Å². The molecule has 1 atom stereocenters. The summed E-state index contributed by atoms with van der Waals surface area (Å²) >= 11 is 5.75. The van der Waals surface area contributed by atoms with E-state index < -0.39 is 10.8 Å². The highest BCUT2D eigenvalue weighted by Gasteiger charge is 2.19. The number of hydrogen-bond donors (Lipinski definition) is 1. The van der Waals surface area contributed by atoms with Gasteiger partial charge in [-0.2, -0.15) is 5.10 Å². The quantitative estimate of drug-likeness (QED) is 0.670. The van der Waals surface area contributed by atoms with Crippen LogP contribution in [0.5, 0.6) is 0 Å². The average molecular weight is 337 g/mol. The molecule has 1 heterocycles. The summed E-state index contributed by atoms with van der Waals surface area (Å²) in [5.41, 5.74) is 1.78. The molecule has 0 bridgehead atoms. The summed E-state index contributed by atoms with van der Waals surface area (Å²) in [6.07, 6.45) is 1.72. The lowest BCUT2D eigenvalue weighted by Gasteiger charge is -2.14. The summed E-state index contributed by atoms with van der Waals surface area (Å²) in [6, 6.07) is 3.71. The van der Waals surface area contributed by atoms with E-state index in [4.69, 9.17) is 11.6 Å². The third-order valence-electron chi connectivity index (χ3n) is 3.66. The SMILES string of the molecule is CCn1ncc(C(C)NC(=O)c2ccc(Cl)c([N+](=O)[O-])c2)c1C. The molecule has 1 unspecified atom stereocenters. The minimum Gasteiger partial charge on any atom is -0.345 e. The molecule has 2 rings (SSSR count). The van der Waals surface area contributed by atoms with E-state index in [0.29, 0.717) is 0 Å². The van der Waals surface area contributed by atoms with Crippen LogP contribution < -0.4 is 5.32 Å². The molecule has 0 aliphatic carbocycles. The molecule has 0 spiro atoms. The molecule has 0 saturated carbocycles. The van der Waals surface area contributed by atoms with Crippen molar-refractivity contribution >= 4 is 23.2 Å². The van der Waals surface area contributed by atoms with E-state index in [1.807, 2.05) is 25.5 Å². The Morgan fingerprint density at radius 2 is 2.22 bits per heavy atom. The number of rotatable bonds is 5. The maximum Gasteiger partial charge on any atom is 0.288 e. The molecule has 1 aromatic carbocycles. The van der Waals surface area contributed by atoms with Crippen molar-refractivity contribution < 1.29 is 9.72 Å². The maximum atomic E-state index is 12.3. The number of carbonyl (C=O) groups is 1. The summed E-state index contributed by atoms with van der Waals surface area (Å²) in [4.78, 5) is 22.6. The van der Waals surface area contributed by atoms with E-state index in [2.05, 4.69) is 10.4 Å². The number of halogens is 1. The van der Waals surface area contributed by atoms with Crippen LogP contribution in [0.4, 0.5) is 5.69 Å². The standard InChI is InChI=1S/C15H17ClN4O3/c1-4-19-10(3)12(8-17-19)9(2)18-15(21)11-5-6-13(16)14(7-11)20(22)23/h5-9H,4H2,1-3H3,(H,18,21). The summed E-state index contributed by atoms with van der Waals surface area (Å²) in [6.45, 7) is 6.50. The Morgan fingerprint density at radius 3 is 2.78 bits per heavy atom. The summed E-state index contributed by atoms with van der Waals surface area (Å²) in [5, 5.41) is 18.0. The van der Waals surface area contributed by atoms with Crippen molar-refractivity contribution in [3.63, 3.8) is 0 Å². The van der Waals surface area contributed by atoms with E-state index in [9.17, 15) is 14.9 Å². The van der Waals surface area contributed by atoms with Gasteiger partial charge in [0.05, 0.1) is 17.2 Å². The van der Waals surface area contributed by atoms with Gasteiger partial charge in [-0.05, 0) is 32.9 Å². The molecular weight excluding hydrogens is 320 g/mol. The van der Waals surface area contributed by atoms with Crippen molar-refractivity contribution in [2.75, 3.05) is 0 Å². The Labute approximate surface area is 138 Å². The lowest BCUT2D eigenvalue weighted by molar-refractivity contribution is -0.384. The number of nitrogens with one attached hydrogen (secondary N) is 1. The van der Waals surface area contributed by atoms with Gasteiger partial charge in [-0.1, -0.05) is 11.6 Å². The first-order valence-electron chi connectivity index (χ1n) is 7.12. The number of amides is 1. The first-order chi connectivity index (χ1) is 10.8. The minimum absolute atomic E-state index is 0.000310. The smallest absolute Gasteiger partial charge is 0.288 e. The van der Waals surface area contributed by atoms with Crippen molar-refractivity contribution in [2.45, 2.75) is 33.4 Å². The van der Waals surface area contributed by atoms with Crippen molar-refractivity contribution in [3.05, 3.63) is 56.4 Å². The van der Waals surface area contributed by atoms with Gasteiger partial charge in [0.15, 0.2) is 0 Å². The van der Waals surface area contributed by atoms with Gasteiger partial charge in [0.1, 0.15) is 5.02 Å². The summed E-state index contributed by atoms with van der Waals surface area (Å²) < 4.78 is 1.84. The molecule has 7 nitrogen and oxygen atoms in total. The van der Waals surface area contributed by atoms with Crippen LogP contribution in [-0.4, -0.2) is 20.6 Å². The molecule has 0 aliphatic rings. The second kappa shape index (κ2) is 6.78. The molecule has 0 saturated heterocycles. The maximum absolute atomic E-state index is 12.3. The molecule has 1 N–H and O–H groups in total.